The molecule has 286 valence electrons. The Bertz CT molecular complexity index is 2090. The van der Waals surface area contributed by atoms with E-state index in [0.29, 0.717) is 12.3 Å². The van der Waals surface area contributed by atoms with E-state index in [1.807, 2.05) is 7.05 Å². The number of methoxy groups -OCH3 is 2. The van der Waals surface area contributed by atoms with Gasteiger partial charge in [-0.25, -0.2) is 4.79 Å². The molecule has 2 bridgehead atoms. The first kappa shape index (κ1) is 35.6. The number of carbonyl (C=O) groups is 2. The summed E-state index contributed by atoms with van der Waals surface area (Å²) in [6.07, 6.45) is 9.82. The highest BCUT2D eigenvalue weighted by Crippen LogP contribution is 2.68. The van der Waals surface area contributed by atoms with Crippen LogP contribution in [0.5, 0.6) is 5.75 Å². The fourth-order valence-corrected chi connectivity index (χ4v) is 12.5. The Morgan fingerprint density at radius 3 is 2.65 bits per heavy atom. The van der Waals surface area contributed by atoms with Crippen LogP contribution in [-0.2, 0) is 30.9 Å². The predicted molar refractivity (Wildman–Crippen MR) is 208 cm³/mol. The highest BCUT2D eigenvalue weighted by Gasteiger charge is 2.80. The third kappa shape index (κ3) is 4.68. The van der Waals surface area contributed by atoms with Crippen molar-refractivity contribution in [3.05, 3.63) is 82.6 Å². The van der Waals surface area contributed by atoms with Crippen LogP contribution in [0.4, 0.5) is 5.69 Å². The lowest BCUT2D eigenvalue weighted by Crippen LogP contribution is -2.81. The zero-order valence-electron chi connectivity index (χ0n) is 32.5. The number of nitrogens with zero attached hydrogens (tertiary/aromatic N) is 3. The van der Waals surface area contributed by atoms with E-state index >= 15 is 0 Å². The van der Waals surface area contributed by atoms with Crippen molar-refractivity contribution in [3.63, 3.8) is 0 Å². The van der Waals surface area contributed by atoms with Crippen molar-refractivity contribution in [1.29, 1.82) is 0 Å². The molecule has 2 aromatic carbocycles. The lowest BCUT2D eigenvalue weighted by atomic mass is 9.47. The first-order chi connectivity index (χ1) is 26.0. The van der Waals surface area contributed by atoms with Gasteiger partial charge >= 0.3 is 11.9 Å². The van der Waals surface area contributed by atoms with Crippen molar-refractivity contribution in [2.45, 2.75) is 88.0 Å². The maximum atomic E-state index is 14.3. The number of esters is 2. The molecule has 6 aliphatic rings. The minimum absolute atomic E-state index is 0.00220. The van der Waals surface area contributed by atoms with E-state index in [9.17, 15) is 14.7 Å². The summed E-state index contributed by atoms with van der Waals surface area (Å²) in [5.41, 5.74) is 4.72. The second kappa shape index (κ2) is 12.7. The van der Waals surface area contributed by atoms with Crippen molar-refractivity contribution in [3.8, 4) is 5.75 Å². The summed E-state index contributed by atoms with van der Waals surface area (Å²) < 4.78 is 18.0. The Balaban J connectivity index is 1.30. The van der Waals surface area contributed by atoms with Gasteiger partial charge in [0.1, 0.15) is 5.75 Å². The molecule has 0 radical (unpaired) electrons. The van der Waals surface area contributed by atoms with E-state index in [0.717, 1.165) is 86.5 Å². The second-order valence-electron chi connectivity index (χ2n) is 16.8. The first-order valence-corrected chi connectivity index (χ1v) is 19.9. The zero-order valence-corrected chi connectivity index (χ0v) is 32.5. The van der Waals surface area contributed by atoms with Gasteiger partial charge in [-0.05, 0) is 67.8 Å². The SMILES string of the molecule is CCC1=C[C@H]2C[C@@H](c3cc4c(cc3OC)N(C)[C@H]3[C@@](O)(C(=O)OC)[C@H](OC(C)=O)[C@]5(CC)C=CCN6CC[C@]43[C@@H]65)c3[nH]c4ccccc4c3CCN(C1)C2. The minimum Gasteiger partial charge on any atom is -0.496 e. The van der Waals surface area contributed by atoms with Crippen LogP contribution in [-0.4, -0.2) is 110 Å². The topological polar surface area (TPSA) is 108 Å². The number of aromatic nitrogens is 1. The molecule has 10 heteroatoms. The molecule has 2 fully saturated rings. The molecular formula is C44H54N4O6. The van der Waals surface area contributed by atoms with Gasteiger partial charge in [-0.1, -0.05) is 55.8 Å². The lowest BCUT2D eigenvalue weighted by molar-refractivity contribution is -0.228. The smallest absolute Gasteiger partial charge is 0.344 e. The van der Waals surface area contributed by atoms with Gasteiger partial charge < -0.3 is 29.2 Å². The third-order valence-electron chi connectivity index (χ3n) is 14.4. The van der Waals surface area contributed by atoms with Gasteiger partial charge in [0.05, 0.1) is 20.3 Å². The summed E-state index contributed by atoms with van der Waals surface area (Å²) in [5, 5.41) is 14.5. The standard InChI is InChI=1S/C44H54N4O6/c1-7-27-20-28-21-32(37-30(14-18-47(24-27)25-28)29-12-9-10-13-34(29)45-37)31-22-33-35(23-36(31)52-5)46(4)39-43(33)16-19-48-17-11-15-42(8-2,38(43)48)40(54-26(3)49)44(39,51)41(50)53-6/h9-13,15,20,22-23,28,32,38-40,45,51H,7-8,14,16-19,21,24-25H2,1-6H3/t28-,32-,38-,39+,40+,42+,43+,44-/m0/s1. The molecule has 1 aromatic heterocycles. The van der Waals surface area contributed by atoms with Crippen LogP contribution < -0.4 is 9.64 Å². The van der Waals surface area contributed by atoms with Crippen LogP contribution in [0.1, 0.15) is 74.8 Å². The number of fused-ring (bicyclic) bond motifs is 6. The van der Waals surface area contributed by atoms with Crippen molar-refractivity contribution in [2.24, 2.45) is 11.3 Å². The average molecular weight is 735 g/mol. The Morgan fingerprint density at radius 1 is 1.09 bits per heavy atom. The van der Waals surface area contributed by atoms with Crippen LogP contribution in [0, 0.1) is 11.3 Å². The molecule has 54 heavy (non-hydrogen) atoms. The number of hydrogen-bond donors (Lipinski definition) is 2. The number of hydrogen-bond acceptors (Lipinski definition) is 9. The van der Waals surface area contributed by atoms with Gasteiger partial charge in [0.2, 0.25) is 5.60 Å². The molecule has 6 heterocycles. The zero-order chi connectivity index (χ0) is 37.7. The second-order valence-corrected chi connectivity index (χ2v) is 16.8. The highest BCUT2D eigenvalue weighted by atomic mass is 16.6. The molecule has 1 aliphatic carbocycles. The summed E-state index contributed by atoms with van der Waals surface area (Å²) in [4.78, 5) is 38.3. The molecular weight excluding hydrogens is 681 g/mol. The number of likely N-dealkylation sites (N-methyl/N-ethyl adjacent to an activating group) is 1. The first-order valence-electron chi connectivity index (χ1n) is 19.9. The lowest BCUT2D eigenvalue weighted by Gasteiger charge is -2.63. The Kier molecular flexibility index (Phi) is 8.38. The van der Waals surface area contributed by atoms with Gasteiger partial charge in [0.25, 0.3) is 0 Å². The number of nitrogens with one attached hydrogen (secondary N) is 1. The van der Waals surface area contributed by atoms with Crippen LogP contribution >= 0.6 is 0 Å². The Morgan fingerprint density at radius 2 is 1.91 bits per heavy atom. The van der Waals surface area contributed by atoms with E-state index in [1.54, 1.807) is 7.11 Å². The molecule has 1 spiro atoms. The maximum absolute atomic E-state index is 14.3. The summed E-state index contributed by atoms with van der Waals surface area (Å²) in [6.45, 7) is 10.3. The quantitative estimate of drug-likeness (QED) is 0.252. The molecule has 1 unspecified atom stereocenters. The van der Waals surface area contributed by atoms with E-state index in [1.165, 1.54) is 36.3 Å². The summed E-state index contributed by atoms with van der Waals surface area (Å²) in [7, 11) is 5.01. The molecule has 1 saturated carbocycles. The van der Waals surface area contributed by atoms with Crippen LogP contribution in [0.15, 0.2) is 60.2 Å². The fraction of sp³-hybridized carbons (Fsp3) is 0.545. The summed E-state index contributed by atoms with van der Waals surface area (Å²) in [5.74, 6) is -0.167. The number of benzene rings is 2. The number of ether oxygens (including phenoxy) is 3. The maximum Gasteiger partial charge on any atom is 0.344 e. The number of aliphatic hydroxyl groups is 1. The fourth-order valence-electron chi connectivity index (χ4n) is 12.5. The Hall–Kier alpha value is -4.12. The highest BCUT2D eigenvalue weighted by molar-refractivity contribution is 5.88. The number of H-pyrrole nitrogens is 1. The molecule has 5 aliphatic heterocycles. The predicted octanol–water partition coefficient (Wildman–Crippen LogP) is 5.47. The number of anilines is 1. The van der Waals surface area contributed by atoms with Crippen LogP contribution in [0.25, 0.3) is 10.9 Å². The van der Waals surface area contributed by atoms with Gasteiger partial charge in [-0.3, -0.25) is 14.6 Å². The van der Waals surface area contributed by atoms with Crippen molar-refractivity contribution < 1.29 is 28.9 Å². The average Bonchev–Trinajstić information content (AvgIpc) is 3.84. The van der Waals surface area contributed by atoms with Gasteiger partial charge in [-0.15, -0.1) is 0 Å². The van der Waals surface area contributed by atoms with Gasteiger partial charge in [0.15, 0.2) is 6.10 Å². The third-order valence-corrected chi connectivity index (χ3v) is 14.4. The van der Waals surface area contributed by atoms with Crippen LogP contribution in [0.3, 0.4) is 0 Å². The van der Waals surface area contributed by atoms with E-state index in [4.69, 9.17) is 14.2 Å². The van der Waals surface area contributed by atoms with Crippen molar-refractivity contribution >= 4 is 28.5 Å². The monoisotopic (exact) mass is 734 g/mol. The largest absolute Gasteiger partial charge is 0.496 e. The molecule has 0 amide bonds. The van der Waals surface area contributed by atoms with Gasteiger partial charge in [0, 0.05) is 96.9 Å². The van der Waals surface area contributed by atoms with E-state index < -0.39 is 40.5 Å². The van der Waals surface area contributed by atoms with Gasteiger partial charge in [-0.2, -0.15) is 0 Å². The van der Waals surface area contributed by atoms with E-state index in [2.05, 4.69) is 88.2 Å². The normalized spacial score (nSPS) is 35.2. The van der Waals surface area contributed by atoms with Crippen molar-refractivity contribution in [1.82, 2.24) is 14.8 Å². The number of carbonyl (C=O) groups excluding carboxylic acids is 2. The number of para-hydroxylation sites is 1. The Labute approximate surface area is 318 Å². The number of aromatic amines is 1. The molecule has 2 N–H and O–H groups in total. The molecule has 3 aromatic rings. The summed E-state index contributed by atoms with van der Waals surface area (Å²) >= 11 is 0. The van der Waals surface area contributed by atoms with Crippen molar-refractivity contribution in [2.75, 3.05) is 58.9 Å². The van der Waals surface area contributed by atoms with E-state index in [-0.39, 0.29) is 12.0 Å². The van der Waals surface area contributed by atoms with Crippen LogP contribution in [0.2, 0.25) is 0 Å². The minimum atomic E-state index is -2.17. The summed E-state index contributed by atoms with van der Waals surface area (Å²) in [6, 6.07) is 12.3. The molecule has 1 saturated heterocycles. The molecule has 9 rings (SSSR count). The molecule has 10 nitrogen and oxygen atoms in total. The molecule has 9 atom stereocenters. The number of rotatable bonds is 6.